The summed E-state index contributed by atoms with van der Waals surface area (Å²) < 4.78 is 5.01. The summed E-state index contributed by atoms with van der Waals surface area (Å²) in [6.45, 7) is 3.46. The van der Waals surface area contributed by atoms with E-state index in [4.69, 9.17) is 4.74 Å². The minimum Gasteiger partial charge on any atom is -0.383 e. The molecule has 2 N–H and O–H groups in total. The predicted octanol–water partition coefficient (Wildman–Crippen LogP) is 1.06. The maximum Gasteiger partial charge on any atom is 0.221 e. The van der Waals surface area contributed by atoms with Gasteiger partial charge < -0.3 is 15.4 Å². The number of amides is 1. The first-order chi connectivity index (χ1) is 7.72. The van der Waals surface area contributed by atoms with Gasteiger partial charge in [-0.25, -0.2) is 0 Å². The number of methoxy groups -OCH3 is 1. The van der Waals surface area contributed by atoms with Crippen LogP contribution in [0, 0.1) is 0 Å². The molecule has 1 rings (SSSR count). The van der Waals surface area contributed by atoms with Crippen molar-refractivity contribution >= 4 is 5.91 Å². The van der Waals surface area contributed by atoms with Gasteiger partial charge in [-0.1, -0.05) is 12.8 Å². The van der Waals surface area contributed by atoms with E-state index in [-0.39, 0.29) is 5.91 Å². The Bertz CT molecular complexity index is 203. The Hall–Kier alpha value is -0.610. The Kier molecular flexibility index (Phi) is 6.42. The largest absolute Gasteiger partial charge is 0.383 e. The van der Waals surface area contributed by atoms with E-state index < -0.39 is 0 Å². The van der Waals surface area contributed by atoms with Crippen molar-refractivity contribution in [3.05, 3.63) is 0 Å². The summed E-state index contributed by atoms with van der Waals surface area (Å²) in [6, 6.07) is 0.744. The fraction of sp³-hybridized carbons (Fsp3) is 0.917. The zero-order chi connectivity index (χ0) is 11.8. The number of nitrogens with one attached hydrogen (secondary N) is 2. The minimum atomic E-state index is 0.170. The molecule has 0 aromatic carbocycles. The van der Waals surface area contributed by atoms with Crippen molar-refractivity contribution in [3.8, 4) is 0 Å². The van der Waals surface area contributed by atoms with Gasteiger partial charge in [0.2, 0.25) is 5.91 Å². The van der Waals surface area contributed by atoms with Crippen LogP contribution < -0.4 is 10.6 Å². The highest BCUT2D eigenvalue weighted by molar-refractivity contribution is 5.76. The molecule has 4 heteroatoms. The lowest BCUT2D eigenvalue weighted by molar-refractivity contribution is -0.121. The average molecular weight is 228 g/mol. The van der Waals surface area contributed by atoms with E-state index in [1.54, 1.807) is 7.11 Å². The molecular formula is C12H24N2O2. The van der Waals surface area contributed by atoms with E-state index in [0.717, 1.165) is 19.4 Å². The molecule has 1 aliphatic carbocycles. The van der Waals surface area contributed by atoms with Crippen LogP contribution in [0.4, 0.5) is 0 Å². The second kappa shape index (κ2) is 7.63. The first kappa shape index (κ1) is 13.5. The maximum atomic E-state index is 11.6. The van der Waals surface area contributed by atoms with E-state index in [2.05, 4.69) is 17.6 Å². The van der Waals surface area contributed by atoms with Crippen LogP contribution in [0.1, 0.15) is 39.0 Å². The third kappa shape index (κ3) is 5.47. The lowest BCUT2D eigenvalue weighted by atomic mass is 10.2. The highest BCUT2D eigenvalue weighted by atomic mass is 16.5. The molecule has 0 bridgehead atoms. The summed E-state index contributed by atoms with van der Waals surface area (Å²) in [6.07, 6.45) is 5.38. The molecule has 1 amide bonds. The number of rotatable bonds is 7. The van der Waals surface area contributed by atoms with Gasteiger partial charge in [0.05, 0.1) is 6.61 Å². The fourth-order valence-electron chi connectivity index (χ4n) is 2.11. The smallest absolute Gasteiger partial charge is 0.221 e. The third-order valence-corrected chi connectivity index (χ3v) is 2.98. The van der Waals surface area contributed by atoms with Gasteiger partial charge in [0.1, 0.15) is 0 Å². The number of carbonyl (C=O) groups is 1. The highest BCUT2D eigenvalue weighted by Gasteiger charge is 2.16. The second-order valence-corrected chi connectivity index (χ2v) is 4.61. The van der Waals surface area contributed by atoms with E-state index in [1.165, 1.54) is 12.8 Å². The quantitative estimate of drug-likeness (QED) is 0.685. The normalized spacial score (nSPS) is 18.6. The molecular weight excluding hydrogens is 204 g/mol. The lowest BCUT2D eigenvalue weighted by Gasteiger charge is -2.14. The van der Waals surface area contributed by atoms with Crippen LogP contribution in [0.3, 0.4) is 0 Å². The third-order valence-electron chi connectivity index (χ3n) is 2.98. The molecule has 0 aromatic rings. The maximum absolute atomic E-state index is 11.6. The van der Waals surface area contributed by atoms with Crippen molar-refractivity contribution in [1.29, 1.82) is 0 Å². The van der Waals surface area contributed by atoms with Gasteiger partial charge in [-0.3, -0.25) is 4.79 Å². The predicted molar refractivity (Wildman–Crippen MR) is 64.4 cm³/mol. The summed E-state index contributed by atoms with van der Waals surface area (Å²) in [5.74, 6) is 0.170. The van der Waals surface area contributed by atoms with Gasteiger partial charge in [0.25, 0.3) is 0 Å². The Morgan fingerprint density at radius 1 is 1.44 bits per heavy atom. The van der Waals surface area contributed by atoms with Gasteiger partial charge in [-0.15, -0.1) is 0 Å². The topological polar surface area (TPSA) is 50.4 Å². The first-order valence-electron chi connectivity index (χ1n) is 6.24. The molecule has 1 atom stereocenters. The van der Waals surface area contributed by atoms with Crippen LogP contribution in [0.15, 0.2) is 0 Å². The van der Waals surface area contributed by atoms with Gasteiger partial charge in [0, 0.05) is 32.2 Å². The van der Waals surface area contributed by atoms with Crippen molar-refractivity contribution < 1.29 is 9.53 Å². The van der Waals surface area contributed by atoms with Crippen LogP contribution in [0.5, 0.6) is 0 Å². The molecule has 16 heavy (non-hydrogen) atoms. The van der Waals surface area contributed by atoms with Gasteiger partial charge in [-0.05, 0) is 19.8 Å². The number of ether oxygens (including phenoxy) is 1. The Labute approximate surface area is 98.1 Å². The molecule has 94 valence electrons. The summed E-state index contributed by atoms with van der Waals surface area (Å²) in [4.78, 5) is 11.6. The van der Waals surface area contributed by atoms with Crippen LogP contribution >= 0.6 is 0 Å². The molecule has 0 aromatic heterocycles. The summed E-state index contributed by atoms with van der Waals surface area (Å²) in [5, 5.41) is 6.33. The lowest BCUT2D eigenvalue weighted by Crippen LogP contribution is -2.37. The Balaban J connectivity index is 2.01. The number of hydrogen-bond acceptors (Lipinski definition) is 3. The molecule has 1 fully saturated rings. The SMILES string of the molecule is COCC(C)NCCC(=O)NC1CCCC1. The molecule has 0 aliphatic heterocycles. The van der Waals surface area contributed by atoms with Gasteiger partial charge >= 0.3 is 0 Å². The molecule has 4 nitrogen and oxygen atoms in total. The molecule has 1 saturated carbocycles. The van der Waals surface area contributed by atoms with Crippen molar-refractivity contribution in [2.24, 2.45) is 0 Å². The van der Waals surface area contributed by atoms with E-state index in [9.17, 15) is 4.79 Å². The monoisotopic (exact) mass is 228 g/mol. The zero-order valence-electron chi connectivity index (χ0n) is 10.4. The van der Waals surface area contributed by atoms with E-state index in [1.807, 2.05) is 0 Å². The molecule has 0 saturated heterocycles. The van der Waals surface area contributed by atoms with Crippen molar-refractivity contribution in [2.45, 2.75) is 51.1 Å². The molecule has 0 heterocycles. The summed E-state index contributed by atoms with van der Waals surface area (Å²) in [5.41, 5.74) is 0. The molecule has 0 spiro atoms. The minimum absolute atomic E-state index is 0.170. The van der Waals surface area contributed by atoms with Crippen LogP contribution in [0.2, 0.25) is 0 Å². The Morgan fingerprint density at radius 3 is 2.75 bits per heavy atom. The fourth-order valence-corrected chi connectivity index (χ4v) is 2.11. The van der Waals surface area contributed by atoms with E-state index in [0.29, 0.717) is 25.1 Å². The van der Waals surface area contributed by atoms with Crippen molar-refractivity contribution in [2.75, 3.05) is 20.3 Å². The van der Waals surface area contributed by atoms with Crippen LogP contribution in [-0.2, 0) is 9.53 Å². The number of hydrogen-bond donors (Lipinski definition) is 2. The first-order valence-corrected chi connectivity index (χ1v) is 6.24. The molecule has 1 unspecified atom stereocenters. The summed E-state index contributed by atoms with van der Waals surface area (Å²) >= 11 is 0. The standard InChI is InChI=1S/C12H24N2O2/c1-10(9-16-2)13-8-7-12(15)14-11-5-3-4-6-11/h10-11,13H,3-9H2,1-2H3,(H,14,15). The molecule has 1 aliphatic rings. The highest BCUT2D eigenvalue weighted by Crippen LogP contribution is 2.17. The summed E-state index contributed by atoms with van der Waals surface area (Å²) in [7, 11) is 1.69. The van der Waals surface area contributed by atoms with Crippen molar-refractivity contribution in [3.63, 3.8) is 0 Å². The number of carbonyl (C=O) groups excluding carboxylic acids is 1. The van der Waals surface area contributed by atoms with Gasteiger partial charge in [-0.2, -0.15) is 0 Å². The average Bonchev–Trinajstić information content (AvgIpc) is 2.70. The second-order valence-electron chi connectivity index (χ2n) is 4.61. The van der Waals surface area contributed by atoms with Gasteiger partial charge in [0.15, 0.2) is 0 Å². The van der Waals surface area contributed by atoms with Crippen LogP contribution in [-0.4, -0.2) is 38.3 Å². The Morgan fingerprint density at radius 2 is 2.12 bits per heavy atom. The van der Waals surface area contributed by atoms with Crippen LogP contribution in [0.25, 0.3) is 0 Å². The zero-order valence-corrected chi connectivity index (χ0v) is 10.4. The van der Waals surface area contributed by atoms with E-state index >= 15 is 0 Å². The molecule has 0 radical (unpaired) electrons. The van der Waals surface area contributed by atoms with Crippen molar-refractivity contribution in [1.82, 2.24) is 10.6 Å².